The van der Waals surface area contributed by atoms with Gasteiger partial charge in [-0.2, -0.15) is 0 Å². The summed E-state index contributed by atoms with van der Waals surface area (Å²) in [5.41, 5.74) is 2.15. The Bertz CT molecular complexity index is 524. The molecule has 4 nitrogen and oxygen atoms in total. The molecule has 21 heavy (non-hydrogen) atoms. The number of hydrogen-bond donors (Lipinski definition) is 0. The van der Waals surface area contributed by atoms with Crippen LogP contribution in [0.1, 0.15) is 31.7 Å². The molecule has 0 radical (unpaired) electrons. The smallest absolute Gasteiger partial charge is 0.416 e. The van der Waals surface area contributed by atoms with Gasteiger partial charge in [-0.15, -0.1) is 6.58 Å². The highest BCUT2D eigenvalue weighted by Crippen LogP contribution is 2.19. The van der Waals surface area contributed by atoms with E-state index in [9.17, 15) is 9.59 Å². The first-order chi connectivity index (χ1) is 10.1. The average Bonchev–Trinajstić information content (AvgIpc) is 2.80. The lowest BCUT2D eigenvalue weighted by atomic mass is 10.1. The monoisotopic (exact) mass is 287 g/mol. The molecule has 0 aliphatic carbocycles. The first-order valence-corrected chi connectivity index (χ1v) is 7.25. The molecule has 0 aromatic heterocycles. The molecule has 1 aliphatic heterocycles. The highest BCUT2D eigenvalue weighted by molar-refractivity contribution is 5.93. The minimum atomic E-state index is -0.517. The number of nitrogens with zero attached hydrogens (tertiary/aromatic N) is 1. The lowest BCUT2D eigenvalue weighted by Crippen LogP contribution is -2.40. The molecule has 2 amide bonds. The lowest BCUT2D eigenvalue weighted by molar-refractivity contribution is -0.129. The van der Waals surface area contributed by atoms with Gasteiger partial charge in [0.2, 0.25) is 5.91 Å². The average molecular weight is 287 g/mol. The Morgan fingerprint density at radius 3 is 2.71 bits per heavy atom. The first-order valence-electron chi connectivity index (χ1n) is 7.25. The molecule has 1 saturated heterocycles. The minimum Gasteiger partial charge on any atom is -0.447 e. The van der Waals surface area contributed by atoms with Gasteiger partial charge in [-0.1, -0.05) is 35.9 Å². The van der Waals surface area contributed by atoms with Gasteiger partial charge in [0.05, 0.1) is 6.04 Å². The van der Waals surface area contributed by atoms with Gasteiger partial charge in [0.15, 0.2) is 0 Å². The van der Waals surface area contributed by atoms with Gasteiger partial charge in [0.1, 0.15) is 6.61 Å². The predicted molar refractivity (Wildman–Crippen MR) is 80.8 cm³/mol. The van der Waals surface area contributed by atoms with Crippen LogP contribution >= 0.6 is 0 Å². The summed E-state index contributed by atoms with van der Waals surface area (Å²) in [5.74, 6) is -0.153. The summed E-state index contributed by atoms with van der Waals surface area (Å²) >= 11 is 0. The Balaban J connectivity index is 1.96. The molecule has 0 N–H and O–H groups in total. The lowest BCUT2D eigenvalue weighted by Gasteiger charge is -2.19. The van der Waals surface area contributed by atoms with Crippen LogP contribution in [0.2, 0.25) is 0 Å². The van der Waals surface area contributed by atoms with Crippen LogP contribution in [0.15, 0.2) is 42.5 Å². The van der Waals surface area contributed by atoms with E-state index in [1.54, 1.807) is 0 Å². The summed E-state index contributed by atoms with van der Waals surface area (Å²) in [7, 11) is 0. The van der Waals surface area contributed by atoms with E-state index in [1.165, 1.54) is 4.90 Å². The largest absolute Gasteiger partial charge is 0.447 e. The van der Waals surface area contributed by atoms with Crippen LogP contribution in [0.5, 0.6) is 0 Å². The van der Waals surface area contributed by atoms with Crippen LogP contribution in [0.4, 0.5) is 4.79 Å². The zero-order valence-corrected chi connectivity index (χ0v) is 12.4. The van der Waals surface area contributed by atoms with Crippen LogP contribution in [0, 0.1) is 0 Å². The standard InChI is InChI=1S/C17H21NO3/c1-13(2)7-6-10-16(19)18-15(12-21-17(18)20)11-14-8-4-3-5-9-14/h3-5,8-9,15H,1,6-7,10-12H2,2H3. The molecule has 1 fully saturated rings. The second kappa shape index (κ2) is 7.07. The highest BCUT2D eigenvalue weighted by Gasteiger charge is 2.37. The molecule has 1 heterocycles. The van der Waals surface area contributed by atoms with Crippen LogP contribution < -0.4 is 0 Å². The number of amides is 2. The van der Waals surface area contributed by atoms with Crippen molar-refractivity contribution in [3.8, 4) is 0 Å². The molecule has 0 saturated carbocycles. The van der Waals surface area contributed by atoms with Crippen molar-refractivity contribution in [1.29, 1.82) is 0 Å². The van der Waals surface area contributed by atoms with E-state index in [4.69, 9.17) is 4.74 Å². The van der Waals surface area contributed by atoms with Crippen LogP contribution in [-0.4, -0.2) is 29.5 Å². The number of ether oxygens (including phenoxy) is 1. The van der Waals surface area contributed by atoms with E-state index in [0.717, 1.165) is 24.0 Å². The summed E-state index contributed by atoms with van der Waals surface area (Å²) in [6, 6.07) is 9.63. The molecular formula is C17H21NO3. The summed E-state index contributed by atoms with van der Waals surface area (Å²) in [4.78, 5) is 25.3. The van der Waals surface area contributed by atoms with Gasteiger partial charge in [-0.3, -0.25) is 4.79 Å². The summed E-state index contributed by atoms with van der Waals surface area (Å²) in [6.07, 6.45) is 2.00. The quantitative estimate of drug-likeness (QED) is 0.754. The Labute approximate surface area is 125 Å². The number of carbonyl (C=O) groups is 2. The molecule has 0 bridgehead atoms. The summed E-state index contributed by atoms with van der Waals surface area (Å²) in [5, 5.41) is 0. The molecule has 1 unspecified atom stereocenters. The predicted octanol–water partition coefficient (Wildman–Crippen LogP) is 3.32. The first kappa shape index (κ1) is 15.3. The van der Waals surface area contributed by atoms with Crippen molar-refractivity contribution in [3.63, 3.8) is 0 Å². The Kier molecular flexibility index (Phi) is 5.14. The number of carbonyl (C=O) groups excluding carboxylic acids is 2. The fourth-order valence-electron chi connectivity index (χ4n) is 2.46. The van der Waals surface area contributed by atoms with Gasteiger partial charge in [-0.05, 0) is 31.7 Å². The third-order valence-electron chi connectivity index (χ3n) is 3.54. The molecule has 112 valence electrons. The number of cyclic esters (lactones) is 1. The Morgan fingerprint density at radius 1 is 1.33 bits per heavy atom. The second-order valence-corrected chi connectivity index (χ2v) is 5.49. The molecule has 1 aromatic carbocycles. The maximum absolute atomic E-state index is 12.2. The molecule has 1 atom stereocenters. The van der Waals surface area contributed by atoms with E-state index in [1.807, 2.05) is 37.3 Å². The number of allylic oxidation sites excluding steroid dienone is 1. The van der Waals surface area contributed by atoms with Gasteiger partial charge < -0.3 is 4.74 Å². The van der Waals surface area contributed by atoms with Gasteiger partial charge in [0, 0.05) is 6.42 Å². The Morgan fingerprint density at radius 2 is 2.05 bits per heavy atom. The zero-order valence-electron chi connectivity index (χ0n) is 12.4. The minimum absolute atomic E-state index is 0.153. The van der Waals surface area contributed by atoms with E-state index >= 15 is 0 Å². The maximum atomic E-state index is 12.2. The fourth-order valence-corrected chi connectivity index (χ4v) is 2.46. The molecule has 4 heteroatoms. The van der Waals surface area contributed by atoms with Crippen LogP contribution in [-0.2, 0) is 16.0 Å². The number of rotatable bonds is 6. The van der Waals surface area contributed by atoms with Crippen molar-refractivity contribution in [2.45, 2.75) is 38.6 Å². The second-order valence-electron chi connectivity index (χ2n) is 5.49. The van der Waals surface area contributed by atoms with E-state index in [-0.39, 0.29) is 18.6 Å². The van der Waals surface area contributed by atoms with E-state index in [2.05, 4.69) is 6.58 Å². The van der Waals surface area contributed by atoms with E-state index < -0.39 is 6.09 Å². The number of imide groups is 1. The summed E-state index contributed by atoms with van der Waals surface area (Å²) < 4.78 is 5.05. The molecule has 1 aliphatic rings. The van der Waals surface area contributed by atoms with E-state index in [0.29, 0.717) is 12.8 Å². The molecule has 1 aromatic rings. The van der Waals surface area contributed by atoms with Crippen LogP contribution in [0.3, 0.4) is 0 Å². The molecule has 0 spiro atoms. The SMILES string of the molecule is C=C(C)CCCC(=O)N1C(=O)OCC1Cc1ccccc1. The van der Waals surface area contributed by atoms with Crippen molar-refractivity contribution in [1.82, 2.24) is 4.90 Å². The third kappa shape index (κ3) is 4.18. The van der Waals surface area contributed by atoms with Gasteiger partial charge in [0.25, 0.3) is 0 Å². The van der Waals surface area contributed by atoms with Crippen molar-refractivity contribution in [2.24, 2.45) is 0 Å². The van der Waals surface area contributed by atoms with Gasteiger partial charge >= 0.3 is 6.09 Å². The van der Waals surface area contributed by atoms with Crippen molar-refractivity contribution in [3.05, 3.63) is 48.0 Å². The van der Waals surface area contributed by atoms with Crippen molar-refractivity contribution in [2.75, 3.05) is 6.61 Å². The third-order valence-corrected chi connectivity index (χ3v) is 3.54. The highest BCUT2D eigenvalue weighted by atomic mass is 16.6. The topological polar surface area (TPSA) is 46.6 Å². The van der Waals surface area contributed by atoms with Crippen molar-refractivity contribution >= 4 is 12.0 Å². The Hall–Kier alpha value is -2.10. The normalized spacial score (nSPS) is 17.7. The van der Waals surface area contributed by atoms with Crippen LogP contribution in [0.25, 0.3) is 0 Å². The number of hydrogen-bond acceptors (Lipinski definition) is 3. The maximum Gasteiger partial charge on any atom is 0.416 e. The number of benzene rings is 1. The molecular weight excluding hydrogens is 266 g/mol. The molecule has 2 rings (SSSR count). The van der Waals surface area contributed by atoms with Crippen molar-refractivity contribution < 1.29 is 14.3 Å². The fraction of sp³-hybridized carbons (Fsp3) is 0.412. The van der Waals surface area contributed by atoms with Gasteiger partial charge in [-0.25, -0.2) is 9.69 Å². The zero-order chi connectivity index (χ0) is 15.2. The summed E-state index contributed by atoms with van der Waals surface area (Å²) in [6.45, 7) is 6.03.